The van der Waals surface area contributed by atoms with E-state index >= 15 is 0 Å². The maximum Gasteiger partial charge on any atom is 0.317 e. The molecule has 6 nitrogen and oxygen atoms in total. The van der Waals surface area contributed by atoms with Crippen LogP contribution in [0.25, 0.3) is 11.0 Å². The van der Waals surface area contributed by atoms with Crippen molar-refractivity contribution >= 4 is 40.4 Å². The number of aryl methyl sites for hydroxylation is 2. The molecule has 7 heteroatoms. The Labute approximate surface area is 167 Å². The van der Waals surface area contributed by atoms with E-state index in [2.05, 4.69) is 15.3 Å². The second-order valence-electron chi connectivity index (χ2n) is 6.43. The average molecular weight is 395 g/mol. The molecule has 1 aromatic heterocycles. The van der Waals surface area contributed by atoms with Gasteiger partial charge < -0.3 is 10.1 Å². The van der Waals surface area contributed by atoms with Crippen LogP contribution in [-0.2, 0) is 14.3 Å². The van der Waals surface area contributed by atoms with Crippen molar-refractivity contribution in [3.8, 4) is 0 Å². The minimum Gasteiger partial charge on any atom is -0.452 e. The van der Waals surface area contributed by atoms with Crippen molar-refractivity contribution in [2.24, 2.45) is 0 Å². The summed E-state index contributed by atoms with van der Waals surface area (Å²) >= 11 is 1.23. The van der Waals surface area contributed by atoms with Gasteiger partial charge in [0, 0.05) is 5.69 Å². The van der Waals surface area contributed by atoms with Gasteiger partial charge in [-0.15, -0.1) is 0 Å². The first-order valence-corrected chi connectivity index (χ1v) is 9.83. The van der Waals surface area contributed by atoms with Crippen LogP contribution in [0.3, 0.4) is 0 Å². The number of para-hydroxylation sites is 2. The fourth-order valence-electron chi connectivity index (χ4n) is 2.62. The molecule has 0 spiro atoms. The lowest BCUT2D eigenvalue weighted by Gasteiger charge is -2.15. The number of fused-ring (bicyclic) bond motifs is 1. The molecule has 144 valence electrons. The molecule has 0 saturated heterocycles. The molecule has 1 amide bonds. The van der Waals surface area contributed by atoms with Crippen molar-refractivity contribution in [2.75, 3.05) is 11.1 Å². The molecule has 0 aliphatic rings. The van der Waals surface area contributed by atoms with E-state index in [1.165, 1.54) is 11.8 Å². The zero-order valence-electron chi connectivity index (χ0n) is 15.9. The van der Waals surface area contributed by atoms with Crippen LogP contribution in [0.5, 0.6) is 0 Å². The summed E-state index contributed by atoms with van der Waals surface area (Å²) in [5, 5.41) is 3.42. The van der Waals surface area contributed by atoms with E-state index in [0.717, 1.165) is 22.2 Å². The third kappa shape index (κ3) is 5.07. The Morgan fingerprint density at radius 3 is 2.64 bits per heavy atom. The molecule has 1 unspecified atom stereocenters. The molecule has 0 aliphatic heterocycles. The number of nitrogens with zero attached hydrogens (tertiary/aromatic N) is 2. The van der Waals surface area contributed by atoms with E-state index in [1.807, 2.05) is 56.3 Å². The smallest absolute Gasteiger partial charge is 0.317 e. The van der Waals surface area contributed by atoms with Gasteiger partial charge in [0.05, 0.1) is 23.0 Å². The predicted molar refractivity (Wildman–Crippen MR) is 110 cm³/mol. The van der Waals surface area contributed by atoms with Gasteiger partial charge in [0.15, 0.2) is 6.10 Å². The molecule has 3 rings (SSSR count). The number of amides is 1. The fraction of sp³-hybridized carbons (Fsp3) is 0.238. The number of hydrogen-bond acceptors (Lipinski definition) is 6. The van der Waals surface area contributed by atoms with Crippen LogP contribution < -0.4 is 5.32 Å². The van der Waals surface area contributed by atoms with Gasteiger partial charge in [0.25, 0.3) is 5.91 Å². The van der Waals surface area contributed by atoms with Crippen molar-refractivity contribution in [3.05, 3.63) is 59.8 Å². The van der Waals surface area contributed by atoms with Crippen LogP contribution in [0.1, 0.15) is 18.1 Å². The zero-order valence-corrected chi connectivity index (χ0v) is 16.7. The van der Waals surface area contributed by atoms with Crippen molar-refractivity contribution in [1.29, 1.82) is 0 Å². The summed E-state index contributed by atoms with van der Waals surface area (Å²) in [6, 6.07) is 13.3. The van der Waals surface area contributed by atoms with Gasteiger partial charge in [-0.25, -0.2) is 4.98 Å². The standard InChI is InChI=1S/C21H21N3O3S/c1-13-8-9-16(14(2)10-13)24-21(26)15(3)27-20(25)12-28-19-11-22-17-6-4-5-7-18(17)23-19/h4-11,15H,12H2,1-3H3,(H,24,26). The molecule has 1 N–H and O–H groups in total. The summed E-state index contributed by atoms with van der Waals surface area (Å²) in [6.45, 7) is 5.46. The second kappa shape index (κ2) is 8.84. The Balaban J connectivity index is 1.52. The number of rotatable bonds is 6. The Morgan fingerprint density at radius 2 is 1.89 bits per heavy atom. The van der Waals surface area contributed by atoms with E-state index < -0.39 is 12.1 Å². The summed E-state index contributed by atoms with van der Waals surface area (Å²) in [7, 11) is 0. The molecule has 0 saturated carbocycles. The van der Waals surface area contributed by atoms with Crippen LogP contribution in [-0.4, -0.2) is 33.7 Å². The van der Waals surface area contributed by atoms with Crippen LogP contribution in [0, 0.1) is 13.8 Å². The maximum absolute atomic E-state index is 12.3. The number of anilines is 1. The molecule has 0 bridgehead atoms. The van der Waals surface area contributed by atoms with E-state index in [1.54, 1.807) is 13.1 Å². The van der Waals surface area contributed by atoms with E-state index in [4.69, 9.17) is 4.74 Å². The van der Waals surface area contributed by atoms with Crippen LogP contribution in [0.15, 0.2) is 53.7 Å². The highest BCUT2D eigenvalue weighted by molar-refractivity contribution is 7.99. The number of nitrogens with one attached hydrogen (secondary N) is 1. The Morgan fingerprint density at radius 1 is 1.14 bits per heavy atom. The normalized spacial score (nSPS) is 11.8. The Bertz CT molecular complexity index is 1020. The van der Waals surface area contributed by atoms with E-state index in [9.17, 15) is 9.59 Å². The quantitative estimate of drug-likeness (QED) is 0.503. The van der Waals surface area contributed by atoms with Gasteiger partial charge in [0.1, 0.15) is 5.03 Å². The number of thioether (sulfide) groups is 1. The number of aromatic nitrogens is 2. The highest BCUT2D eigenvalue weighted by Gasteiger charge is 2.19. The topological polar surface area (TPSA) is 81.2 Å². The lowest BCUT2D eigenvalue weighted by atomic mass is 10.1. The molecular formula is C21H21N3O3S. The van der Waals surface area contributed by atoms with Crippen molar-refractivity contribution in [2.45, 2.75) is 31.9 Å². The Kier molecular flexibility index (Phi) is 6.26. The first-order chi connectivity index (χ1) is 13.4. The molecule has 1 atom stereocenters. The van der Waals surface area contributed by atoms with E-state index in [0.29, 0.717) is 10.7 Å². The summed E-state index contributed by atoms with van der Waals surface area (Å²) < 4.78 is 5.24. The molecule has 1 heterocycles. The highest BCUT2D eigenvalue weighted by Crippen LogP contribution is 2.19. The number of hydrogen-bond donors (Lipinski definition) is 1. The van der Waals surface area contributed by atoms with Crippen molar-refractivity contribution < 1.29 is 14.3 Å². The van der Waals surface area contributed by atoms with Gasteiger partial charge >= 0.3 is 5.97 Å². The fourth-order valence-corrected chi connectivity index (χ4v) is 3.24. The first-order valence-electron chi connectivity index (χ1n) is 8.84. The van der Waals surface area contributed by atoms with Crippen molar-refractivity contribution in [1.82, 2.24) is 9.97 Å². The summed E-state index contributed by atoms with van der Waals surface area (Å²) in [4.78, 5) is 33.1. The predicted octanol–water partition coefficient (Wildman–Crippen LogP) is 3.91. The lowest BCUT2D eigenvalue weighted by Crippen LogP contribution is -2.30. The van der Waals surface area contributed by atoms with Crippen LogP contribution in [0.2, 0.25) is 0 Å². The third-order valence-corrected chi connectivity index (χ3v) is 4.95. The second-order valence-corrected chi connectivity index (χ2v) is 7.42. The molecule has 0 aliphatic carbocycles. The first kappa shape index (κ1) is 19.8. The number of ether oxygens (including phenoxy) is 1. The average Bonchev–Trinajstić information content (AvgIpc) is 2.68. The van der Waals surface area contributed by atoms with E-state index in [-0.39, 0.29) is 11.7 Å². The van der Waals surface area contributed by atoms with Gasteiger partial charge in [0.2, 0.25) is 0 Å². The van der Waals surface area contributed by atoms with Crippen molar-refractivity contribution in [3.63, 3.8) is 0 Å². The number of benzene rings is 2. The number of esters is 1. The Hall–Kier alpha value is -2.93. The molecule has 3 aromatic rings. The maximum atomic E-state index is 12.3. The number of carbonyl (C=O) groups excluding carboxylic acids is 2. The van der Waals surface area contributed by atoms with Crippen LogP contribution >= 0.6 is 11.8 Å². The minimum absolute atomic E-state index is 0.0498. The lowest BCUT2D eigenvalue weighted by molar-refractivity contribution is -0.150. The molecule has 0 radical (unpaired) electrons. The molecule has 28 heavy (non-hydrogen) atoms. The SMILES string of the molecule is Cc1ccc(NC(=O)C(C)OC(=O)CSc2cnc3ccccc3n2)c(C)c1. The van der Waals surface area contributed by atoms with Gasteiger partial charge in [-0.1, -0.05) is 41.6 Å². The molecular weight excluding hydrogens is 374 g/mol. The molecule has 0 fully saturated rings. The molecule has 2 aromatic carbocycles. The highest BCUT2D eigenvalue weighted by atomic mass is 32.2. The monoisotopic (exact) mass is 395 g/mol. The van der Waals surface area contributed by atoms with Gasteiger partial charge in [-0.2, -0.15) is 0 Å². The minimum atomic E-state index is -0.892. The third-order valence-electron chi connectivity index (χ3n) is 4.08. The summed E-state index contributed by atoms with van der Waals surface area (Å²) in [6.07, 6.45) is 0.729. The summed E-state index contributed by atoms with van der Waals surface area (Å²) in [5.41, 5.74) is 4.34. The largest absolute Gasteiger partial charge is 0.452 e. The number of carbonyl (C=O) groups is 2. The van der Waals surface area contributed by atoms with Gasteiger partial charge in [-0.3, -0.25) is 14.6 Å². The van der Waals surface area contributed by atoms with Gasteiger partial charge in [-0.05, 0) is 44.5 Å². The van der Waals surface area contributed by atoms with Crippen LogP contribution in [0.4, 0.5) is 5.69 Å². The summed E-state index contributed by atoms with van der Waals surface area (Å²) in [5.74, 6) is -0.798. The zero-order chi connectivity index (χ0) is 20.1.